The number of nitrogens with zero attached hydrogens (tertiary/aromatic N) is 3. The summed E-state index contributed by atoms with van der Waals surface area (Å²) in [6, 6.07) is 7.17. The molecular weight excluding hydrogens is 374 g/mol. The van der Waals surface area contributed by atoms with Crippen molar-refractivity contribution in [1.29, 1.82) is 0 Å². The number of pyridine rings is 2. The SMILES string of the molecule is CCOc1ccc(C(=O)N2CCC(Oc3ncccc3Br)C2)cn1. The summed E-state index contributed by atoms with van der Waals surface area (Å²) in [5.74, 6) is 1.04. The molecular formula is C17H18BrN3O3. The maximum atomic E-state index is 12.5. The van der Waals surface area contributed by atoms with Gasteiger partial charge in [-0.2, -0.15) is 0 Å². The molecule has 0 aliphatic carbocycles. The molecule has 0 N–H and O–H groups in total. The molecule has 0 spiro atoms. The number of amides is 1. The first kappa shape index (κ1) is 16.7. The average Bonchev–Trinajstić information content (AvgIpc) is 3.06. The van der Waals surface area contributed by atoms with E-state index in [1.54, 1.807) is 29.4 Å². The van der Waals surface area contributed by atoms with E-state index in [-0.39, 0.29) is 12.0 Å². The van der Waals surface area contributed by atoms with Crippen LogP contribution in [0.4, 0.5) is 0 Å². The van der Waals surface area contributed by atoms with Gasteiger partial charge in [-0.3, -0.25) is 4.79 Å². The van der Waals surface area contributed by atoms with Gasteiger partial charge in [-0.15, -0.1) is 0 Å². The summed E-state index contributed by atoms with van der Waals surface area (Å²) in [6.45, 7) is 3.63. The van der Waals surface area contributed by atoms with Crippen molar-refractivity contribution < 1.29 is 14.3 Å². The Bertz CT molecular complexity index is 708. The Kier molecular flexibility index (Phi) is 5.30. The standard InChI is InChI=1S/C17H18BrN3O3/c1-2-23-15-6-5-12(10-20-15)17(22)21-9-7-13(11-21)24-16-14(18)4-3-8-19-16/h3-6,8,10,13H,2,7,9,11H2,1H3. The minimum absolute atomic E-state index is 0.0447. The van der Waals surface area contributed by atoms with Crippen LogP contribution in [0, 0.1) is 0 Å². The highest BCUT2D eigenvalue weighted by atomic mass is 79.9. The van der Waals surface area contributed by atoms with Gasteiger partial charge in [-0.1, -0.05) is 0 Å². The predicted octanol–water partition coefficient (Wildman–Crippen LogP) is 2.93. The van der Waals surface area contributed by atoms with Crippen molar-refractivity contribution in [3.05, 3.63) is 46.7 Å². The Morgan fingerprint density at radius 2 is 2.25 bits per heavy atom. The molecule has 1 aliphatic rings. The number of rotatable bonds is 5. The molecule has 7 heteroatoms. The first-order chi connectivity index (χ1) is 11.7. The van der Waals surface area contributed by atoms with Crippen LogP contribution < -0.4 is 9.47 Å². The lowest BCUT2D eigenvalue weighted by molar-refractivity contribution is 0.0770. The molecule has 1 fully saturated rings. The lowest BCUT2D eigenvalue weighted by atomic mass is 10.2. The summed E-state index contributed by atoms with van der Waals surface area (Å²) in [6.07, 6.45) is 3.95. The van der Waals surface area contributed by atoms with Crippen molar-refractivity contribution in [2.75, 3.05) is 19.7 Å². The molecule has 24 heavy (non-hydrogen) atoms. The van der Waals surface area contributed by atoms with Gasteiger partial charge in [-0.25, -0.2) is 9.97 Å². The second kappa shape index (κ2) is 7.61. The molecule has 0 radical (unpaired) electrons. The van der Waals surface area contributed by atoms with Crippen LogP contribution in [0.15, 0.2) is 41.1 Å². The van der Waals surface area contributed by atoms with E-state index in [2.05, 4.69) is 25.9 Å². The van der Waals surface area contributed by atoms with Gasteiger partial charge in [0, 0.05) is 31.4 Å². The van der Waals surface area contributed by atoms with Crippen LogP contribution in [-0.2, 0) is 0 Å². The molecule has 126 valence electrons. The second-order valence-electron chi connectivity index (χ2n) is 5.39. The minimum atomic E-state index is -0.0594. The third kappa shape index (κ3) is 3.84. The molecule has 3 rings (SSSR count). The van der Waals surface area contributed by atoms with Crippen LogP contribution in [-0.4, -0.2) is 46.6 Å². The van der Waals surface area contributed by atoms with Gasteiger partial charge in [0.05, 0.1) is 23.2 Å². The van der Waals surface area contributed by atoms with E-state index >= 15 is 0 Å². The van der Waals surface area contributed by atoms with Gasteiger partial charge in [-0.05, 0) is 41.1 Å². The maximum absolute atomic E-state index is 12.5. The highest BCUT2D eigenvalue weighted by Crippen LogP contribution is 2.25. The summed E-state index contributed by atoms with van der Waals surface area (Å²) in [7, 11) is 0. The Labute approximate surface area is 148 Å². The van der Waals surface area contributed by atoms with E-state index in [4.69, 9.17) is 9.47 Å². The second-order valence-corrected chi connectivity index (χ2v) is 6.24. The fourth-order valence-electron chi connectivity index (χ4n) is 2.55. The summed E-state index contributed by atoms with van der Waals surface area (Å²) >= 11 is 3.42. The van der Waals surface area contributed by atoms with Gasteiger partial charge in [0.25, 0.3) is 5.91 Å². The monoisotopic (exact) mass is 391 g/mol. The van der Waals surface area contributed by atoms with E-state index in [0.29, 0.717) is 37.0 Å². The zero-order chi connectivity index (χ0) is 16.9. The van der Waals surface area contributed by atoms with Gasteiger partial charge < -0.3 is 14.4 Å². The van der Waals surface area contributed by atoms with E-state index in [1.165, 1.54) is 0 Å². The Hall–Kier alpha value is -2.15. The number of carbonyl (C=O) groups excluding carboxylic acids is 1. The third-order valence-corrected chi connectivity index (χ3v) is 4.31. The Morgan fingerprint density at radius 3 is 2.96 bits per heavy atom. The summed E-state index contributed by atoms with van der Waals surface area (Å²) in [4.78, 5) is 22.7. The number of aromatic nitrogens is 2. The average molecular weight is 392 g/mol. The zero-order valence-corrected chi connectivity index (χ0v) is 14.9. The number of likely N-dealkylation sites (tertiary alicyclic amines) is 1. The third-order valence-electron chi connectivity index (χ3n) is 3.71. The molecule has 1 saturated heterocycles. The van der Waals surface area contributed by atoms with Gasteiger partial charge in [0.15, 0.2) is 0 Å². The molecule has 1 amide bonds. The molecule has 2 aromatic rings. The number of hydrogen-bond acceptors (Lipinski definition) is 5. The van der Waals surface area contributed by atoms with E-state index in [1.807, 2.05) is 19.1 Å². The lowest BCUT2D eigenvalue weighted by Crippen LogP contribution is -2.31. The quantitative estimate of drug-likeness (QED) is 0.783. The number of halogens is 1. The van der Waals surface area contributed by atoms with Crippen molar-refractivity contribution in [2.45, 2.75) is 19.4 Å². The molecule has 0 aromatic carbocycles. The van der Waals surface area contributed by atoms with E-state index in [0.717, 1.165) is 10.9 Å². The van der Waals surface area contributed by atoms with E-state index < -0.39 is 0 Å². The molecule has 1 unspecified atom stereocenters. The summed E-state index contributed by atoms with van der Waals surface area (Å²) in [5, 5.41) is 0. The Morgan fingerprint density at radius 1 is 1.38 bits per heavy atom. The minimum Gasteiger partial charge on any atom is -0.478 e. The predicted molar refractivity (Wildman–Crippen MR) is 92.3 cm³/mol. The summed E-state index contributed by atoms with van der Waals surface area (Å²) < 4.78 is 12.0. The summed E-state index contributed by atoms with van der Waals surface area (Å²) in [5.41, 5.74) is 0.554. The van der Waals surface area contributed by atoms with Crippen LogP contribution in [0.3, 0.4) is 0 Å². The topological polar surface area (TPSA) is 64.5 Å². The first-order valence-corrected chi connectivity index (χ1v) is 8.62. The molecule has 0 saturated carbocycles. The van der Waals surface area contributed by atoms with Crippen molar-refractivity contribution in [2.24, 2.45) is 0 Å². The smallest absolute Gasteiger partial charge is 0.255 e. The van der Waals surface area contributed by atoms with Crippen LogP contribution in [0.2, 0.25) is 0 Å². The van der Waals surface area contributed by atoms with Gasteiger partial charge >= 0.3 is 0 Å². The maximum Gasteiger partial charge on any atom is 0.255 e. The zero-order valence-electron chi connectivity index (χ0n) is 13.3. The normalized spacial score (nSPS) is 16.9. The molecule has 3 heterocycles. The highest BCUT2D eigenvalue weighted by Gasteiger charge is 2.29. The number of carbonyl (C=O) groups is 1. The van der Waals surface area contributed by atoms with Crippen molar-refractivity contribution in [3.8, 4) is 11.8 Å². The number of hydrogen-bond donors (Lipinski definition) is 0. The molecule has 1 aliphatic heterocycles. The first-order valence-electron chi connectivity index (χ1n) is 7.82. The number of ether oxygens (including phenoxy) is 2. The van der Waals surface area contributed by atoms with Crippen LogP contribution in [0.1, 0.15) is 23.7 Å². The van der Waals surface area contributed by atoms with Crippen LogP contribution in [0.25, 0.3) is 0 Å². The van der Waals surface area contributed by atoms with E-state index in [9.17, 15) is 4.79 Å². The van der Waals surface area contributed by atoms with Gasteiger partial charge in [0.2, 0.25) is 11.8 Å². The van der Waals surface area contributed by atoms with Crippen molar-refractivity contribution in [1.82, 2.24) is 14.9 Å². The van der Waals surface area contributed by atoms with Crippen LogP contribution >= 0.6 is 15.9 Å². The fourth-order valence-corrected chi connectivity index (χ4v) is 2.90. The largest absolute Gasteiger partial charge is 0.478 e. The Balaban J connectivity index is 1.60. The van der Waals surface area contributed by atoms with Crippen LogP contribution in [0.5, 0.6) is 11.8 Å². The molecule has 2 aromatic heterocycles. The van der Waals surface area contributed by atoms with Gasteiger partial charge in [0.1, 0.15) is 6.10 Å². The van der Waals surface area contributed by atoms with Crippen molar-refractivity contribution >= 4 is 21.8 Å². The molecule has 0 bridgehead atoms. The van der Waals surface area contributed by atoms with Crippen molar-refractivity contribution in [3.63, 3.8) is 0 Å². The highest BCUT2D eigenvalue weighted by molar-refractivity contribution is 9.10. The molecule has 6 nitrogen and oxygen atoms in total. The lowest BCUT2D eigenvalue weighted by Gasteiger charge is -2.17. The fraction of sp³-hybridized carbons (Fsp3) is 0.353. The molecule has 1 atom stereocenters.